The van der Waals surface area contributed by atoms with E-state index in [1.165, 1.54) is 0 Å². The predicted octanol–water partition coefficient (Wildman–Crippen LogP) is 0.146. The minimum Gasteiger partial charge on any atom is -0.375 e. The van der Waals surface area contributed by atoms with Gasteiger partial charge in [0, 0.05) is 19.6 Å². The zero-order valence-corrected chi connectivity index (χ0v) is 13.4. The molecular formula is C17H23N3O3. The number of nitrogens with two attached hydrogens (primary N) is 1. The number of fused-ring (bicyclic) bond motifs is 1. The van der Waals surface area contributed by atoms with Crippen LogP contribution in [-0.2, 0) is 27.3 Å². The Morgan fingerprint density at radius 2 is 2.04 bits per heavy atom. The average molecular weight is 317 g/mol. The van der Waals surface area contributed by atoms with Gasteiger partial charge in [-0.3, -0.25) is 14.5 Å². The molecule has 0 spiro atoms. The van der Waals surface area contributed by atoms with Crippen molar-refractivity contribution in [3.8, 4) is 0 Å². The van der Waals surface area contributed by atoms with E-state index in [9.17, 15) is 9.59 Å². The molecule has 2 amide bonds. The van der Waals surface area contributed by atoms with Gasteiger partial charge >= 0.3 is 0 Å². The van der Waals surface area contributed by atoms with Crippen LogP contribution < -0.4 is 5.73 Å². The lowest BCUT2D eigenvalue weighted by Crippen LogP contribution is -2.54. The molecule has 3 rings (SSSR count). The number of rotatable bonds is 3. The number of amides is 2. The highest BCUT2D eigenvalue weighted by Gasteiger charge is 2.32. The van der Waals surface area contributed by atoms with Crippen LogP contribution in [0.3, 0.4) is 0 Å². The monoisotopic (exact) mass is 317 g/mol. The fourth-order valence-electron chi connectivity index (χ4n) is 3.34. The molecule has 1 saturated heterocycles. The maximum absolute atomic E-state index is 12.6. The molecule has 1 aromatic rings. The first-order chi connectivity index (χ1) is 11.0. The van der Waals surface area contributed by atoms with Crippen LogP contribution in [0.25, 0.3) is 0 Å². The molecule has 2 heterocycles. The van der Waals surface area contributed by atoms with Crippen LogP contribution in [0.1, 0.15) is 18.1 Å². The van der Waals surface area contributed by atoms with Gasteiger partial charge in [-0.2, -0.15) is 0 Å². The van der Waals surface area contributed by atoms with Gasteiger partial charge in [-0.15, -0.1) is 0 Å². The molecular weight excluding hydrogens is 294 g/mol. The Bertz CT molecular complexity index is 605. The topological polar surface area (TPSA) is 75.9 Å². The number of carbonyl (C=O) groups is 2. The van der Waals surface area contributed by atoms with Gasteiger partial charge in [-0.1, -0.05) is 24.3 Å². The van der Waals surface area contributed by atoms with E-state index in [2.05, 4.69) is 0 Å². The molecule has 2 aliphatic rings. The number of primary amides is 1. The molecule has 6 heteroatoms. The lowest BCUT2D eigenvalue weighted by atomic mass is 9.93. The second-order valence-electron chi connectivity index (χ2n) is 6.32. The van der Waals surface area contributed by atoms with Crippen LogP contribution in [0.5, 0.6) is 0 Å². The molecule has 23 heavy (non-hydrogen) atoms. The number of carbonyl (C=O) groups excluding carboxylic acids is 2. The van der Waals surface area contributed by atoms with Crippen LogP contribution in [0.2, 0.25) is 0 Å². The lowest BCUT2D eigenvalue weighted by molar-refractivity contribution is -0.141. The Morgan fingerprint density at radius 3 is 2.74 bits per heavy atom. The van der Waals surface area contributed by atoms with Gasteiger partial charge in [-0.05, 0) is 24.5 Å². The number of ether oxygens (including phenoxy) is 1. The highest BCUT2D eigenvalue weighted by Crippen LogP contribution is 2.23. The third-order valence-corrected chi connectivity index (χ3v) is 4.61. The number of nitrogens with zero attached hydrogens (tertiary/aromatic N) is 2. The number of hydrogen-bond donors (Lipinski definition) is 1. The summed E-state index contributed by atoms with van der Waals surface area (Å²) in [5.74, 6) is -0.339. The summed E-state index contributed by atoms with van der Waals surface area (Å²) in [6.45, 7) is 4.53. The van der Waals surface area contributed by atoms with Gasteiger partial charge in [0.15, 0.2) is 0 Å². The van der Waals surface area contributed by atoms with Crippen molar-refractivity contribution in [2.45, 2.75) is 32.0 Å². The summed E-state index contributed by atoms with van der Waals surface area (Å²) in [6, 6.07) is 7.58. The summed E-state index contributed by atoms with van der Waals surface area (Å²) >= 11 is 0. The summed E-state index contributed by atoms with van der Waals surface area (Å²) in [7, 11) is 0. The average Bonchev–Trinajstić information content (AvgIpc) is 2.54. The van der Waals surface area contributed by atoms with Crippen LogP contribution in [0.4, 0.5) is 0 Å². The first kappa shape index (κ1) is 16.0. The van der Waals surface area contributed by atoms with E-state index < -0.39 is 6.04 Å². The Hall–Kier alpha value is -1.92. The van der Waals surface area contributed by atoms with Gasteiger partial charge in [0.1, 0.15) is 0 Å². The molecule has 0 saturated carbocycles. The van der Waals surface area contributed by atoms with E-state index in [-0.39, 0.29) is 24.5 Å². The van der Waals surface area contributed by atoms with E-state index in [0.717, 1.165) is 11.1 Å². The van der Waals surface area contributed by atoms with Gasteiger partial charge in [-0.25, -0.2) is 0 Å². The third kappa shape index (κ3) is 3.54. The quantitative estimate of drug-likeness (QED) is 0.861. The molecule has 2 N–H and O–H groups in total. The van der Waals surface area contributed by atoms with Crippen molar-refractivity contribution in [3.63, 3.8) is 0 Å². The summed E-state index contributed by atoms with van der Waals surface area (Å²) in [5.41, 5.74) is 7.86. The summed E-state index contributed by atoms with van der Waals surface area (Å²) < 4.78 is 5.47. The summed E-state index contributed by atoms with van der Waals surface area (Å²) in [5, 5.41) is 0. The highest BCUT2D eigenvalue weighted by molar-refractivity contribution is 5.83. The van der Waals surface area contributed by atoms with Crippen LogP contribution in [0.15, 0.2) is 24.3 Å². The van der Waals surface area contributed by atoms with Crippen molar-refractivity contribution in [1.29, 1.82) is 0 Å². The fraction of sp³-hybridized carbons (Fsp3) is 0.529. The zero-order chi connectivity index (χ0) is 16.4. The third-order valence-electron chi connectivity index (χ3n) is 4.61. The first-order valence-corrected chi connectivity index (χ1v) is 8.04. The molecule has 1 fully saturated rings. The Balaban J connectivity index is 1.72. The molecule has 1 aromatic carbocycles. The minimum atomic E-state index is -0.424. The van der Waals surface area contributed by atoms with Crippen molar-refractivity contribution in [1.82, 2.24) is 9.80 Å². The van der Waals surface area contributed by atoms with E-state index in [0.29, 0.717) is 32.7 Å². The smallest absolute Gasteiger partial charge is 0.236 e. The molecule has 2 unspecified atom stereocenters. The Labute approximate surface area is 136 Å². The molecule has 2 aliphatic heterocycles. The lowest BCUT2D eigenvalue weighted by Gasteiger charge is -2.37. The second-order valence-corrected chi connectivity index (χ2v) is 6.32. The zero-order valence-electron chi connectivity index (χ0n) is 13.4. The van der Waals surface area contributed by atoms with E-state index in [1.54, 1.807) is 0 Å². The number of morpholine rings is 1. The number of hydrogen-bond acceptors (Lipinski definition) is 4. The molecule has 0 radical (unpaired) electrons. The van der Waals surface area contributed by atoms with Crippen molar-refractivity contribution < 1.29 is 14.3 Å². The van der Waals surface area contributed by atoms with Crippen LogP contribution >= 0.6 is 0 Å². The van der Waals surface area contributed by atoms with Crippen molar-refractivity contribution >= 4 is 11.8 Å². The molecule has 124 valence electrons. The Kier molecular flexibility index (Phi) is 4.63. The van der Waals surface area contributed by atoms with Crippen LogP contribution in [0, 0.1) is 0 Å². The van der Waals surface area contributed by atoms with Gasteiger partial charge in [0.2, 0.25) is 11.8 Å². The van der Waals surface area contributed by atoms with Crippen molar-refractivity contribution in [2.24, 2.45) is 5.73 Å². The molecule has 0 bridgehead atoms. The molecule has 6 nitrogen and oxygen atoms in total. The minimum absolute atomic E-state index is 0.0331. The van der Waals surface area contributed by atoms with Gasteiger partial charge in [0.05, 0.1) is 25.3 Å². The van der Waals surface area contributed by atoms with Gasteiger partial charge < -0.3 is 15.4 Å². The van der Waals surface area contributed by atoms with Crippen molar-refractivity contribution in [3.05, 3.63) is 35.4 Å². The fourth-order valence-corrected chi connectivity index (χ4v) is 3.34. The molecule has 2 atom stereocenters. The van der Waals surface area contributed by atoms with E-state index in [4.69, 9.17) is 10.5 Å². The SMILES string of the molecule is CC1CN(C(=O)CN2Cc3ccccc3CC2C(N)=O)CCO1. The highest BCUT2D eigenvalue weighted by atomic mass is 16.5. The molecule has 0 aromatic heterocycles. The Morgan fingerprint density at radius 1 is 1.30 bits per heavy atom. The van der Waals surface area contributed by atoms with Crippen molar-refractivity contribution in [2.75, 3.05) is 26.2 Å². The van der Waals surface area contributed by atoms with Crippen LogP contribution in [-0.4, -0.2) is 60.0 Å². The second kappa shape index (κ2) is 6.68. The first-order valence-electron chi connectivity index (χ1n) is 8.04. The summed E-state index contributed by atoms with van der Waals surface area (Å²) in [4.78, 5) is 28.1. The van der Waals surface area contributed by atoms with E-state index >= 15 is 0 Å². The van der Waals surface area contributed by atoms with E-state index in [1.807, 2.05) is 41.0 Å². The normalized spacial score (nSPS) is 25.0. The molecule has 0 aliphatic carbocycles. The van der Waals surface area contributed by atoms with Gasteiger partial charge in [0.25, 0.3) is 0 Å². The number of benzene rings is 1. The predicted molar refractivity (Wildman–Crippen MR) is 85.5 cm³/mol. The largest absolute Gasteiger partial charge is 0.375 e. The maximum Gasteiger partial charge on any atom is 0.236 e. The standard InChI is InChI=1S/C17H23N3O3/c1-12-9-19(6-7-23-12)16(21)11-20-10-14-5-3-2-4-13(14)8-15(20)17(18)22/h2-5,12,15H,6-11H2,1H3,(H2,18,22). The summed E-state index contributed by atoms with van der Waals surface area (Å²) in [6.07, 6.45) is 0.625. The maximum atomic E-state index is 12.6.